The summed E-state index contributed by atoms with van der Waals surface area (Å²) >= 11 is 0. The Hall–Kier alpha value is -1.55. The molecule has 0 aromatic heterocycles. The molecule has 2 heterocycles. The first kappa shape index (κ1) is 17.3. The van der Waals surface area contributed by atoms with Crippen molar-refractivity contribution in [2.24, 2.45) is 0 Å². The lowest BCUT2D eigenvalue weighted by Gasteiger charge is -2.39. The molecule has 0 bridgehead atoms. The molecule has 1 unspecified atom stereocenters. The summed E-state index contributed by atoms with van der Waals surface area (Å²) in [5, 5.41) is 0. The quantitative estimate of drug-likeness (QED) is 0.850. The van der Waals surface area contributed by atoms with Crippen LogP contribution in [0.25, 0.3) is 0 Å². The number of carbonyl (C=O) groups excluding carboxylic acids is 1. The van der Waals surface area contributed by atoms with Crippen LogP contribution in [0.15, 0.2) is 24.3 Å². The Bertz CT molecular complexity index is 552. The third-order valence-electron chi connectivity index (χ3n) is 5.52. The average molecular weight is 329 g/mol. The largest absolute Gasteiger partial charge is 0.369 e. The number of likely N-dealkylation sites (tertiary alicyclic amines) is 1. The summed E-state index contributed by atoms with van der Waals surface area (Å²) < 4.78 is 0. The van der Waals surface area contributed by atoms with Crippen LogP contribution in [-0.2, 0) is 4.79 Å². The van der Waals surface area contributed by atoms with Crippen molar-refractivity contribution in [1.29, 1.82) is 0 Å². The minimum Gasteiger partial charge on any atom is -0.369 e. The van der Waals surface area contributed by atoms with Gasteiger partial charge in [0.15, 0.2) is 0 Å². The molecule has 1 aromatic carbocycles. The highest BCUT2D eigenvalue weighted by molar-refractivity contribution is 5.78. The number of piperazine rings is 1. The molecule has 0 N–H and O–H groups in total. The zero-order valence-electron chi connectivity index (χ0n) is 15.2. The van der Waals surface area contributed by atoms with Crippen molar-refractivity contribution in [3.05, 3.63) is 29.8 Å². The van der Waals surface area contributed by atoms with Gasteiger partial charge in [0.25, 0.3) is 0 Å². The van der Waals surface area contributed by atoms with Gasteiger partial charge in [0, 0.05) is 44.5 Å². The van der Waals surface area contributed by atoms with Gasteiger partial charge in [-0.15, -0.1) is 0 Å². The highest BCUT2D eigenvalue weighted by Crippen LogP contribution is 2.21. The van der Waals surface area contributed by atoms with Crippen LogP contribution in [0.5, 0.6) is 0 Å². The van der Waals surface area contributed by atoms with Crippen molar-refractivity contribution in [2.75, 3.05) is 44.2 Å². The standard InChI is InChI=1S/C20H31N3O/c1-3-18-8-4-5-10-23(18)20(24)16-21-11-13-22(14-12-21)19-9-6-7-17(2)15-19/h6-7,9,15,18H,3-5,8,10-14,16H2,1-2H3. The Kier molecular flexibility index (Phi) is 5.77. The second-order valence-electron chi connectivity index (χ2n) is 7.25. The van der Waals surface area contributed by atoms with Gasteiger partial charge in [-0.25, -0.2) is 0 Å². The van der Waals surface area contributed by atoms with Crippen molar-refractivity contribution in [3.63, 3.8) is 0 Å². The van der Waals surface area contributed by atoms with Crippen LogP contribution in [0, 0.1) is 6.92 Å². The van der Waals surface area contributed by atoms with Gasteiger partial charge in [0.1, 0.15) is 0 Å². The van der Waals surface area contributed by atoms with Crippen molar-refractivity contribution < 1.29 is 4.79 Å². The van der Waals surface area contributed by atoms with Gasteiger partial charge in [0.2, 0.25) is 5.91 Å². The summed E-state index contributed by atoms with van der Waals surface area (Å²) in [7, 11) is 0. The highest BCUT2D eigenvalue weighted by Gasteiger charge is 2.27. The van der Waals surface area contributed by atoms with E-state index < -0.39 is 0 Å². The molecule has 132 valence electrons. The zero-order chi connectivity index (χ0) is 16.9. The Morgan fingerprint density at radius 1 is 1.12 bits per heavy atom. The molecule has 0 radical (unpaired) electrons. The minimum atomic E-state index is 0.338. The third kappa shape index (κ3) is 4.10. The molecule has 1 amide bonds. The zero-order valence-corrected chi connectivity index (χ0v) is 15.2. The first-order chi connectivity index (χ1) is 11.7. The van der Waals surface area contributed by atoms with Crippen LogP contribution in [0.1, 0.15) is 38.2 Å². The summed E-state index contributed by atoms with van der Waals surface area (Å²) in [5.41, 5.74) is 2.61. The Labute approximate surface area is 146 Å². The monoisotopic (exact) mass is 329 g/mol. The van der Waals surface area contributed by atoms with Gasteiger partial charge < -0.3 is 9.80 Å². The van der Waals surface area contributed by atoms with Crippen LogP contribution in [0.4, 0.5) is 5.69 Å². The lowest BCUT2D eigenvalue weighted by atomic mass is 10.00. The fourth-order valence-electron chi connectivity index (χ4n) is 4.02. The predicted octanol–water partition coefficient (Wildman–Crippen LogP) is 2.91. The van der Waals surface area contributed by atoms with E-state index in [0.717, 1.165) is 39.1 Å². The van der Waals surface area contributed by atoms with Crippen LogP contribution in [0.3, 0.4) is 0 Å². The van der Waals surface area contributed by atoms with E-state index in [-0.39, 0.29) is 0 Å². The Balaban J connectivity index is 1.50. The normalized spacial score (nSPS) is 22.7. The third-order valence-corrected chi connectivity index (χ3v) is 5.52. The van der Waals surface area contributed by atoms with Gasteiger partial charge in [-0.2, -0.15) is 0 Å². The van der Waals surface area contributed by atoms with Crippen LogP contribution in [0.2, 0.25) is 0 Å². The number of nitrogens with zero attached hydrogens (tertiary/aromatic N) is 3. The SMILES string of the molecule is CCC1CCCCN1C(=O)CN1CCN(c2cccc(C)c2)CC1. The second kappa shape index (κ2) is 8.02. The molecule has 2 saturated heterocycles. The van der Waals surface area contributed by atoms with E-state index in [1.165, 1.54) is 30.5 Å². The van der Waals surface area contributed by atoms with E-state index >= 15 is 0 Å². The fraction of sp³-hybridized carbons (Fsp3) is 0.650. The molecule has 2 fully saturated rings. The summed E-state index contributed by atoms with van der Waals surface area (Å²) in [5.74, 6) is 0.338. The molecule has 0 spiro atoms. The number of hydrogen-bond donors (Lipinski definition) is 0. The molecule has 2 aliphatic heterocycles. The van der Waals surface area contributed by atoms with E-state index in [2.05, 4.69) is 52.8 Å². The van der Waals surface area contributed by atoms with Crippen molar-refractivity contribution in [3.8, 4) is 0 Å². The lowest BCUT2D eigenvalue weighted by molar-refractivity contribution is -0.136. The maximum Gasteiger partial charge on any atom is 0.236 e. The highest BCUT2D eigenvalue weighted by atomic mass is 16.2. The van der Waals surface area contributed by atoms with Crippen molar-refractivity contribution in [2.45, 2.75) is 45.6 Å². The predicted molar refractivity (Wildman–Crippen MR) is 99.5 cm³/mol. The lowest BCUT2D eigenvalue weighted by Crippen LogP contribution is -2.52. The number of piperidine rings is 1. The van der Waals surface area contributed by atoms with Crippen molar-refractivity contribution >= 4 is 11.6 Å². The smallest absolute Gasteiger partial charge is 0.236 e. The number of benzene rings is 1. The van der Waals surface area contributed by atoms with E-state index in [1.807, 2.05) is 0 Å². The van der Waals surface area contributed by atoms with Crippen LogP contribution in [-0.4, -0.2) is 61.0 Å². The molecule has 0 aliphatic carbocycles. The van der Waals surface area contributed by atoms with Gasteiger partial charge in [-0.1, -0.05) is 19.1 Å². The number of amides is 1. The number of anilines is 1. The average Bonchev–Trinajstić information content (AvgIpc) is 2.62. The minimum absolute atomic E-state index is 0.338. The molecular formula is C20H31N3O. The Morgan fingerprint density at radius 3 is 2.62 bits per heavy atom. The molecule has 1 atom stereocenters. The topological polar surface area (TPSA) is 26.8 Å². The van der Waals surface area contributed by atoms with E-state index in [0.29, 0.717) is 18.5 Å². The van der Waals surface area contributed by atoms with Crippen LogP contribution < -0.4 is 4.90 Å². The molecule has 24 heavy (non-hydrogen) atoms. The van der Waals surface area contributed by atoms with Crippen LogP contribution >= 0.6 is 0 Å². The Morgan fingerprint density at radius 2 is 1.92 bits per heavy atom. The van der Waals surface area contributed by atoms with Gasteiger partial charge in [-0.3, -0.25) is 9.69 Å². The number of hydrogen-bond acceptors (Lipinski definition) is 3. The molecule has 3 rings (SSSR count). The van der Waals surface area contributed by atoms with Crippen molar-refractivity contribution in [1.82, 2.24) is 9.80 Å². The van der Waals surface area contributed by atoms with E-state index in [4.69, 9.17) is 0 Å². The summed E-state index contributed by atoms with van der Waals surface area (Å²) in [6, 6.07) is 9.18. The molecule has 4 heteroatoms. The van der Waals surface area contributed by atoms with E-state index in [1.54, 1.807) is 0 Å². The fourth-order valence-corrected chi connectivity index (χ4v) is 4.02. The first-order valence-corrected chi connectivity index (χ1v) is 9.51. The summed E-state index contributed by atoms with van der Waals surface area (Å²) in [6.45, 7) is 9.87. The van der Waals surface area contributed by atoms with Gasteiger partial charge in [-0.05, 0) is 50.3 Å². The molecule has 1 aromatic rings. The maximum atomic E-state index is 12.7. The summed E-state index contributed by atoms with van der Waals surface area (Å²) in [4.78, 5) is 19.6. The molecule has 0 saturated carbocycles. The van der Waals surface area contributed by atoms with E-state index in [9.17, 15) is 4.79 Å². The molecule has 2 aliphatic rings. The summed E-state index contributed by atoms with van der Waals surface area (Å²) in [6.07, 6.45) is 4.72. The van der Waals surface area contributed by atoms with Gasteiger partial charge in [0.05, 0.1) is 6.54 Å². The number of carbonyl (C=O) groups is 1. The van der Waals surface area contributed by atoms with Gasteiger partial charge >= 0.3 is 0 Å². The second-order valence-corrected chi connectivity index (χ2v) is 7.25. The first-order valence-electron chi connectivity index (χ1n) is 9.51. The number of aryl methyl sites for hydroxylation is 1. The molecular weight excluding hydrogens is 298 g/mol. The molecule has 4 nitrogen and oxygen atoms in total. The number of rotatable bonds is 4. The maximum absolute atomic E-state index is 12.7.